The maximum Gasteiger partial charge on any atom is 0.338 e. The summed E-state index contributed by atoms with van der Waals surface area (Å²) in [6.45, 7) is 4.57. The summed E-state index contributed by atoms with van der Waals surface area (Å²) in [7, 11) is 0. The van der Waals surface area contributed by atoms with Crippen molar-refractivity contribution in [2.24, 2.45) is 17.3 Å². The first-order valence-electron chi connectivity index (χ1n) is 7.07. The molecule has 4 atom stereocenters. The van der Waals surface area contributed by atoms with E-state index in [0.717, 1.165) is 12.3 Å². The molecule has 0 aromatic heterocycles. The average molecular weight is 259 g/mol. The Labute approximate surface area is 114 Å². The fraction of sp³-hybridized carbons (Fsp3) is 0.562. The molecule has 102 valence electrons. The molecule has 0 spiro atoms. The Bertz CT molecular complexity index is 496. The first-order valence-corrected chi connectivity index (χ1v) is 7.07. The number of anilines is 1. The second-order valence-electron chi connectivity index (χ2n) is 6.34. The Morgan fingerprint density at radius 3 is 2.58 bits per heavy atom. The van der Waals surface area contributed by atoms with Gasteiger partial charge in [-0.25, -0.2) is 4.79 Å². The van der Waals surface area contributed by atoms with E-state index in [-0.39, 0.29) is 17.5 Å². The number of nitrogens with two attached hydrogens (primary N) is 1. The molecule has 2 N–H and O–H groups in total. The van der Waals surface area contributed by atoms with Gasteiger partial charge < -0.3 is 10.5 Å². The van der Waals surface area contributed by atoms with Gasteiger partial charge in [0.1, 0.15) is 6.10 Å². The van der Waals surface area contributed by atoms with Crippen LogP contribution in [0.1, 0.15) is 43.5 Å². The minimum absolute atomic E-state index is 0.0753. The van der Waals surface area contributed by atoms with Gasteiger partial charge in [0.2, 0.25) is 0 Å². The fourth-order valence-electron chi connectivity index (χ4n) is 3.83. The maximum atomic E-state index is 12.2. The van der Waals surface area contributed by atoms with Gasteiger partial charge >= 0.3 is 5.97 Å². The predicted octanol–water partition coefficient (Wildman–Crippen LogP) is 3.25. The number of hydrogen-bond acceptors (Lipinski definition) is 3. The van der Waals surface area contributed by atoms with Crippen molar-refractivity contribution >= 4 is 11.7 Å². The highest BCUT2D eigenvalue weighted by Crippen LogP contribution is 2.58. The molecule has 2 saturated carbocycles. The van der Waals surface area contributed by atoms with Crippen LogP contribution >= 0.6 is 0 Å². The van der Waals surface area contributed by atoms with Gasteiger partial charge in [-0.3, -0.25) is 0 Å². The number of fused-ring (bicyclic) bond motifs is 2. The minimum Gasteiger partial charge on any atom is -0.458 e. The van der Waals surface area contributed by atoms with E-state index < -0.39 is 0 Å². The van der Waals surface area contributed by atoms with E-state index in [1.54, 1.807) is 24.3 Å². The highest BCUT2D eigenvalue weighted by Gasteiger charge is 2.56. The van der Waals surface area contributed by atoms with Gasteiger partial charge in [-0.05, 0) is 55.4 Å². The SMILES string of the molecule is CC1C2CCC1(C)C(OC(=O)c1ccc(N)cc1)C2. The van der Waals surface area contributed by atoms with Crippen LogP contribution in [0, 0.1) is 17.3 Å². The molecule has 2 bridgehead atoms. The van der Waals surface area contributed by atoms with E-state index in [9.17, 15) is 4.79 Å². The Balaban J connectivity index is 1.73. The summed E-state index contributed by atoms with van der Waals surface area (Å²) in [5.41, 5.74) is 7.06. The van der Waals surface area contributed by atoms with Crippen LogP contribution in [0.25, 0.3) is 0 Å². The van der Waals surface area contributed by atoms with Crippen molar-refractivity contribution in [2.75, 3.05) is 5.73 Å². The van der Waals surface area contributed by atoms with Gasteiger partial charge in [0, 0.05) is 11.1 Å². The Kier molecular flexibility index (Phi) is 2.80. The predicted molar refractivity (Wildman–Crippen MR) is 74.7 cm³/mol. The van der Waals surface area contributed by atoms with Crippen LogP contribution in [0.4, 0.5) is 5.69 Å². The monoisotopic (exact) mass is 259 g/mol. The molecule has 2 fully saturated rings. The summed E-state index contributed by atoms with van der Waals surface area (Å²) in [5.74, 6) is 1.18. The largest absolute Gasteiger partial charge is 0.458 e. The zero-order chi connectivity index (χ0) is 13.6. The lowest BCUT2D eigenvalue weighted by Crippen LogP contribution is -2.34. The quantitative estimate of drug-likeness (QED) is 0.655. The van der Waals surface area contributed by atoms with Crippen molar-refractivity contribution in [3.05, 3.63) is 29.8 Å². The maximum absolute atomic E-state index is 12.2. The molecular formula is C16H21NO2. The number of nitrogen functional groups attached to an aromatic ring is 1. The molecule has 3 rings (SSSR count). The van der Waals surface area contributed by atoms with E-state index in [1.807, 2.05) is 0 Å². The second-order valence-corrected chi connectivity index (χ2v) is 6.34. The lowest BCUT2D eigenvalue weighted by molar-refractivity contribution is -0.0118. The number of rotatable bonds is 2. The summed E-state index contributed by atoms with van der Waals surface area (Å²) < 4.78 is 5.76. The van der Waals surface area contributed by atoms with Crippen molar-refractivity contribution in [2.45, 2.75) is 39.2 Å². The van der Waals surface area contributed by atoms with Gasteiger partial charge in [-0.1, -0.05) is 13.8 Å². The summed E-state index contributed by atoms with van der Waals surface area (Å²) in [5, 5.41) is 0. The fourth-order valence-corrected chi connectivity index (χ4v) is 3.83. The summed E-state index contributed by atoms with van der Waals surface area (Å²) in [4.78, 5) is 12.2. The van der Waals surface area contributed by atoms with Crippen LogP contribution < -0.4 is 5.73 Å². The average Bonchev–Trinajstić information content (AvgIpc) is 2.79. The van der Waals surface area contributed by atoms with Crippen molar-refractivity contribution in [1.29, 1.82) is 0 Å². The molecular weight excluding hydrogens is 238 g/mol. The molecule has 2 aliphatic carbocycles. The molecule has 0 aliphatic heterocycles. The Morgan fingerprint density at radius 2 is 2.05 bits per heavy atom. The number of carbonyl (C=O) groups excluding carboxylic acids is 1. The van der Waals surface area contributed by atoms with Crippen molar-refractivity contribution in [3.63, 3.8) is 0 Å². The summed E-state index contributed by atoms with van der Waals surface area (Å²) in [6.07, 6.45) is 3.57. The van der Waals surface area contributed by atoms with E-state index in [1.165, 1.54) is 12.8 Å². The molecule has 3 nitrogen and oxygen atoms in total. The summed E-state index contributed by atoms with van der Waals surface area (Å²) >= 11 is 0. The van der Waals surface area contributed by atoms with Crippen LogP contribution in [0.15, 0.2) is 24.3 Å². The molecule has 2 aliphatic rings. The number of carbonyl (C=O) groups is 1. The standard InChI is InChI=1S/C16H21NO2/c1-10-12-7-8-16(10,2)14(9-12)19-15(18)11-3-5-13(17)6-4-11/h3-6,10,12,14H,7-9,17H2,1-2H3. The van der Waals surface area contributed by atoms with Crippen molar-refractivity contribution < 1.29 is 9.53 Å². The topological polar surface area (TPSA) is 52.3 Å². The number of esters is 1. The normalized spacial score (nSPS) is 36.4. The second kappa shape index (κ2) is 4.26. The van der Waals surface area contributed by atoms with Gasteiger partial charge in [-0.15, -0.1) is 0 Å². The highest BCUT2D eigenvalue weighted by molar-refractivity contribution is 5.89. The number of hydrogen-bond donors (Lipinski definition) is 1. The molecule has 1 aromatic carbocycles. The van der Waals surface area contributed by atoms with Gasteiger partial charge in [0.25, 0.3) is 0 Å². The molecule has 1 aromatic rings. The first-order chi connectivity index (χ1) is 9.00. The molecule has 0 amide bonds. The minimum atomic E-state index is -0.217. The Hall–Kier alpha value is -1.51. The third-order valence-corrected chi connectivity index (χ3v) is 5.45. The van der Waals surface area contributed by atoms with Crippen LogP contribution in [-0.4, -0.2) is 12.1 Å². The van der Waals surface area contributed by atoms with Crippen molar-refractivity contribution in [3.8, 4) is 0 Å². The van der Waals surface area contributed by atoms with Gasteiger partial charge in [-0.2, -0.15) is 0 Å². The summed E-state index contributed by atoms with van der Waals surface area (Å²) in [6, 6.07) is 6.94. The molecule has 19 heavy (non-hydrogen) atoms. The van der Waals surface area contributed by atoms with Crippen LogP contribution in [-0.2, 0) is 4.74 Å². The van der Waals surface area contributed by atoms with Crippen molar-refractivity contribution in [1.82, 2.24) is 0 Å². The zero-order valence-corrected chi connectivity index (χ0v) is 11.6. The molecule has 0 heterocycles. The molecule has 0 radical (unpaired) electrons. The van der Waals surface area contributed by atoms with E-state index in [4.69, 9.17) is 10.5 Å². The third kappa shape index (κ3) is 1.92. The number of ether oxygens (including phenoxy) is 1. The van der Waals surface area contributed by atoms with Gasteiger partial charge in [0.15, 0.2) is 0 Å². The van der Waals surface area contributed by atoms with Crippen LogP contribution in [0.5, 0.6) is 0 Å². The first kappa shape index (κ1) is 12.5. The molecule has 0 saturated heterocycles. The molecule has 3 heteroatoms. The van der Waals surface area contributed by atoms with Crippen LogP contribution in [0.2, 0.25) is 0 Å². The lowest BCUT2D eigenvalue weighted by Gasteiger charge is -2.32. The Morgan fingerprint density at radius 1 is 1.37 bits per heavy atom. The third-order valence-electron chi connectivity index (χ3n) is 5.45. The highest BCUT2D eigenvalue weighted by atomic mass is 16.5. The lowest BCUT2D eigenvalue weighted by atomic mass is 9.80. The van der Waals surface area contributed by atoms with Crippen LogP contribution in [0.3, 0.4) is 0 Å². The zero-order valence-electron chi connectivity index (χ0n) is 11.6. The van der Waals surface area contributed by atoms with E-state index >= 15 is 0 Å². The molecule has 4 unspecified atom stereocenters. The van der Waals surface area contributed by atoms with E-state index in [0.29, 0.717) is 17.2 Å². The smallest absolute Gasteiger partial charge is 0.338 e. The van der Waals surface area contributed by atoms with Gasteiger partial charge in [0.05, 0.1) is 5.56 Å². The van der Waals surface area contributed by atoms with E-state index in [2.05, 4.69) is 13.8 Å². The number of benzene rings is 1.